The van der Waals surface area contributed by atoms with Gasteiger partial charge in [-0.3, -0.25) is 4.79 Å². The smallest absolute Gasteiger partial charge is 0.304 e. The molecule has 2 rings (SSSR count). The molecule has 1 heterocycles. The van der Waals surface area contributed by atoms with Gasteiger partial charge in [-0.2, -0.15) is 0 Å². The van der Waals surface area contributed by atoms with Crippen LogP contribution in [0.4, 0.5) is 0 Å². The van der Waals surface area contributed by atoms with Crippen LogP contribution in [0.15, 0.2) is 24.3 Å². The Bertz CT molecular complexity index is 435. The van der Waals surface area contributed by atoms with Crippen molar-refractivity contribution in [3.05, 3.63) is 29.8 Å². The van der Waals surface area contributed by atoms with Crippen molar-refractivity contribution in [2.75, 3.05) is 13.2 Å². The Morgan fingerprint density at radius 1 is 1.50 bits per heavy atom. The van der Waals surface area contributed by atoms with Crippen molar-refractivity contribution in [2.24, 2.45) is 0 Å². The van der Waals surface area contributed by atoms with E-state index in [2.05, 4.69) is 0 Å². The van der Waals surface area contributed by atoms with Gasteiger partial charge in [0.05, 0.1) is 19.6 Å². The van der Waals surface area contributed by atoms with Crippen molar-refractivity contribution in [1.82, 2.24) is 0 Å². The second kappa shape index (κ2) is 4.98. The molecule has 1 fully saturated rings. The van der Waals surface area contributed by atoms with Crippen LogP contribution in [0.25, 0.3) is 0 Å². The zero-order valence-electron chi connectivity index (χ0n) is 10.7. The summed E-state index contributed by atoms with van der Waals surface area (Å²) in [6.45, 7) is 5.10. The largest absolute Gasteiger partial charge is 0.486 e. The van der Waals surface area contributed by atoms with Crippen LogP contribution in [0.5, 0.6) is 5.75 Å². The number of ether oxygens (including phenoxy) is 2. The molecule has 1 aliphatic rings. The number of rotatable bonds is 5. The lowest BCUT2D eigenvalue weighted by molar-refractivity contribution is -0.138. The molecule has 0 radical (unpaired) electrons. The Balaban J connectivity index is 2.12. The van der Waals surface area contributed by atoms with E-state index in [9.17, 15) is 4.79 Å². The molecule has 18 heavy (non-hydrogen) atoms. The van der Waals surface area contributed by atoms with Crippen LogP contribution in [0, 0.1) is 0 Å². The fourth-order valence-corrected chi connectivity index (χ4v) is 1.95. The van der Waals surface area contributed by atoms with Crippen molar-refractivity contribution < 1.29 is 19.4 Å². The number of benzene rings is 1. The van der Waals surface area contributed by atoms with E-state index in [1.165, 1.54) is 0 Å². The van der Waals surface area contributed by atoms with Crippen LogP contribution in [-0.2, 0) is 14.9 Å². The van der Waals surface area contributed by atoms with Crippen molar-refractivity contribution in [3.63, 3.8) is 0 Å². The molecule has 1 saturated heterocycles. The van der Waals surface area contributed by atoms with Gasteiger partial charge in [0.15, 0.2) is 0 Å². The van der Waals surface area contributed by atoms with E-state index < -0.39 is 11.4 Å². The molecule has 0 atom stereocenters. The molecule has 98 valence electrons. The molecular weight excluding hydrogens is 232 g/mol. The lowest BCUT2D eigenvalue weighted by Crippen LogP contribution is -2.38. The summed E-state index contributed by atoms with van der Waals surface area (Å²) in [5, 5.41) is 8.92. The highest BCUT2D eigenvalue weighted by molar-refractivity contribution is 5.69. The number of carboxylic acids is 1. The van der Waals surface area contributed by atoms with Gasteiger partial charge in [-0.1, -0.05) is 26.0 Å². The van der Waals surface area contributed by atoms with Gasteiger partial charge >= 0.3 is 5.97 Å². The first kappa shape index (κ1) is 12.9. The van der Waals surface area contributed by atoms with Gasteiger partial charge in [0.2, 0.25) is 0 Å². The highest BCUT2D eigenvalue weighted by Crippen LogP contribution is 2.30. The summed E-state index contributed by atoms with van der Waals surface area (Å²) < 4.78 is 10.8. The first-order valence-corrected chi connectivity index (χ1v) is 6.04. The van der Waals surface area contributed by atoms with Gasteiger partial charge in [-0.25, -0.2) is 0 Å². The van der Waals surface area contributed by atoms with Crippen molar-refractivity contribution >= 4 is 5.97 Å². The minimum absolute atomic E-state index is 0.100. The number of carbonyl (C=O) groups is 1. The monoisotopic (exact) mass is 250 g/mol. The third-order valence-corrected chi connectivity index (χ3v) is 3.12. The summed E-state index contributed by atoms with van der Waals surface area (Å²) in [5.41, 5.74) is 0.573. The predicted octanol–water partition coefficient (Wildman–Crippen LogP) is 2.22. The molecule has 1 aliphatic heterocycles. The van der Waals surface area contributed by atoms with Gasteiger partial charge in [-0.05, 0) is 17.7 Å². The van der Waals surface area contributed by atoms with Gasteiger partial charge < -0.3 is 14.6 Å². The number of aliphatic carboxylic acids is 1. The second-order valence-corrected chi connectivity index (χ2v) is 5.26. The molecule has 0 amide bonds. The number of hydrogen-bond donors (Lipinski definition) is 1. The number of hydrogen-bond acceptors (Lipinski definition) is 3. The average Bonchev–Trinajstić information content (AvgIpc) is 2.22. The van der Waals surface area contributed by atoms with E-state index in [-0.39, 0.29) is 12.5 Å². The molecule has 0 saturated carbocycles. The van der Waals surface area contributed by atoms with Gasteiger partial charge in [0.25, 0.3) is 0 Å². The fourth-order valence-electron chi connectivity index (χ4n) is 1.95. The van der Waals surface area contributed by atoms with Crippen molar-refractivity contribution in [3.8, 4) is 5.75 Å². The summed E-state index contributed by atoms with van der Waals surface area (Å²) in [6.07, 6.45) is 0.228. The van der Waals surface area contributed by atoms with Gasteiger partial charge in [-0.15, -0.1) is 0 Å². The Morgan fingerprint density at radius 3 is 2.78 bits per heavy atom. The molecule has 0 spiro atoms. The number of carboxylic acid groups (broad SMARTS) is 1. The Hall–Kier alpha value is -1.55. The van der Waals surface area contributed by atoms with Crippen LogP contribution >= 0.6 is 0 Å². The topological polar surface area (TPSA) is 55.8 Å². The standard InChI is InChI=1S/C14H18O4/c1-14(2,7-13(15)16)10-4-3-5-11(6-10)18-12-8-17-9-12/h3-6,12H,7-9H2,1-2H3,(H,15,16). The highest BCUT2D eigenvalue weighted by atomic mass is 16.6. The first-order valence-electron chi connectivity index (χ1n) is 6.04. The molecule has 1 aromatic rings. The third kappa shape index (κ3) is 3.01. The lowest BCUT2D eigenvalue weighted by Gasteiger charge is -2.28. The zero-order chi connectivity index (χ0) is 13.2. The first-order chi connectivity index (χ1) is 8.47. The Morgan fingerprint density at radius 2 is 2.22 bits per heavy atom. The van der Waals surface area contributed by atoms with Crippen LogP contribution in [0.2, 0.25) is 0 Å². The second-order valence-electron chi connectivity index (χ2n) is 5.26. The van der Waals surface area contributed by atoms with Crippen LogP contribution in [0.3, 0.4) is 0 Å². The molecule has 1 N–H and O–H groups in total. The Kier molecular flexibility index (Phi) is 3.57. The molecule has 0 aromatic heterocycles. The summed E-state index contributed by atoms with van der Waals surface area (Å²) in [7, 11) is 0. The van der Waals surface area contributed by atoms with E-state index >= 15 is 0 Å². The quantitative estimate of drug-likeness (QED) is 0.870. The van der Waals surface area contributed by atoms with E-state index in [1.807, 2.05) is 38.1 Å². The summed E-state index contributed by atoms with van der Waals surface area (Å²) >= 11 is 0. The third-order valence-electron chi connectivity index (χ3n) is 3.12. The normalized spacial score (nSPS) is 16.1. The molecule has 1 aromatic carbocycles. The SMILES string of the molecule is CC(C)(CC(=O)O)c1cccc(OC2COC2)c1. The van der Waals surface area contributed by atoms with E-state index in [1.54, 1.807) is 0 Å². The maximum atomic E-state index is 10.9. The van der Waals surface area contributed by atoms with E-state index in [4.69, 9.17) is 14.6 Å². The zero-order valence-corrected chi connectivity index (χ0v) is 10.7. The predicted molar refractivity (Wildman–Crippen MR) is 67.0 cm³/mol. The minimum Gasteiger partial charge on any atom is -0.486 e. The maximum absolute atomic E-state index is 10.9. The van der Waals surface area contributed by atoms with E-state index in [0.717, 1.165) is 11.3 Å². The van der Waals surface area contributed by atoms with Gasteiger partial charge in [0, 0.05) is 5.41 Å². The minimum atomic E-state index is -0.793. The molecule has 0 bridgehead atoms. The van der Waals surface area contributed by atoms with Crippen LogP contribution < -0.4 is 4.74 Å². The van der Waals surface area contributed by atoms with E-state index in [0.29, 0.717) is 13.2 Å². The molecule has 4 heteroatoms. The molecular formula is C14H18O4. The summed E-state index contributed by atoms with van der Waals surface area (Å²) in [4.78, 5) is 10.9. The molecule has 0 aliphatic carbocycles. The Labute approximate surface area is 107 Å². The summed E-state index contributed by atoms with van der Waals surface area (Å²) in [6, 6.07) is 7.64. The highest BCUT2D eigenvalue weighted by Gasteiger charge is 2.25. The van der Waals surface area contributed by atoms with Crippen molar-refractivity contribution in [2.45, 2.75) is 31.8 Å². The maximum Gasteiger partial charge on any atom is 0.304 e. The van der Waals surface area contributed by atoms with Crippen molar-refractivity contribution in [1.29, 1.82) is 0 Å². The lowest BCUT2D eigenvalue weighted by atomic mass is 9.81. The van der Waals surface area contributed by atoms with Gasteiger partial charge in [0.1, 0.15) is 11.9 Å². The van der Waals surface area contributed by atoms with Crippen LogP contribution in [0.1, 0.15) is 25.8 Å². The summed E-state index contributed by atoms with van der Waals surface area (Å²) in [5.74, 6) is -0.0158. The molecule has 0 unspecified atom stereocenters. The fraction of sp³-hybridized carbons (Fsp3) is 0.500. The van der Waals surface area contributed by atoms with Crippen LogP contribution in [-0.4, -0.2) is 30.4 Å². The average molecular weight is 250 g/mol. The molecule has 4 nitrogen and oxygen atoms in total.